The van der Waals surface area contributed by atoms with Crippen LogP contribution in [0.4, 0.5) is 0 Å². The van der Waals surface area contributed by atoms with Gasteiger partial charge in [-0.3, -0.25) is 4.79 Å². The summed E-state index contributed by atoms with van der Waals surface area (Å²) < 4.78 is 3.61. The third-order valence-corrected chi connectivity index (χ3v) is 4.62. The maximum Gasteiger partial charge on any atom is 0.266 e. The van der Waals surface area contributed by atoms with Crippen LogP contribution in [0.1, 0.15) is 0 Å². The molecule has 0 bridgehead atoms. The second-order valence-corrected chi connectivity index (χ2v) is 6.19. The van der Waals surface area contributed by atoms with Crippen LogP contribution in [0, 0.1) is 0 Å². The quantitative estimate of drug-likeness (QED) is 0.491. The molecule has 92 valence electrons. The molecule has 0 spiro atoms. The van der Waals surface area contributed by atoms with E-state index in [-0.39, 0.29) is 5.56 Å². The molecule has 0 aliphatic heterocycles. The van der Waals surface area contributed by atoms with Crippen molar-refractivity contribution in [3.8, 4) is 0 Å². The molecule has 4 rings (SSSR count). The number of aromatic nitrogens is 2. The minimum absolute atomic E-state index is 0.00931. The number of nitrogens with zero attached hydrogens (tertiary/aromatic N) is 2. The van der Waals surface area contributed by atoms with Crippen LogP contribution in [0.25, 0.3) is 26.1 Å². The van der Waals surface area contributed by atoms with Crippen molar-refractivity contribution in [1.29, 1.82) is 0 Å². The van der Waals surface area contributed by atoms with E-state index in [9.17, 15) is 4.79 Å². The van der Waals surface area contributed by atoms with Crippen LogP contribution in [0.15, 0.2) is 51.7 Å². The lowest BCUT2D eigenvalue weighted by atomic mass is 10.3. The normalized spacial score (nSPS) is 11.6. The summed E-state index contributed by atoms with van der Waals surface area (Å²) in [5.41, 5.74) is 1.71. The number of fused-ring (bicyclic) bond motifs is 4. The lowest BCUT2D eigenvalue weighted by Gasteiger charge is -1.99. The van der Waals surface area contributed by atoms with Crippen LogP contribution < -0.4 is 5.56 Å². The second-order valence-electron chi connectivity index (χ2n) is 4.27. The van der Waals surface area contributed by atoms with Gasteiger partial charge in [-0.15, -0.1) is 0 Å². The summed E-state index contributed by atoms with van der Waals surface area (Å²) in [6, 6.07) is 13.4. The molecule has 0 aliphatic carbocycles. The average Bonchev–Trinajstić information content (AvgIpc) is 2.76. The second kappa shape index (κ2) is 3.88. The molecule has 0 saturated heterocycles. The summed E-state index contributed by atoms with van der Waals surface area (Å²) >= 11 is 4.96. The van der Waals surface area contributed by atoms with E-state index in [1.54, 1.807) is 4.40 Å². The van der Waals surface area contributed by atoms with Gasteiger partial charge >= 0.3 is 0 Å². The third kappa shape index (κ3) is 1.55. The topological polar surface area (TPSA) is 34.4 Å². The smallest absolute Gasteiger partial charge is 0.266 e. The van der Waals surface area contributed by atoms with E-state index in [2.05, 4.69) is 20.9 Å². The Bertz CT molecular complexity index is 1000. The zero-order valence-electron chi connectivity index (χ0n) is 9.63. The molecule has 0 radical (unpaired) electrons. The highest BCUT2D eigenvalue weighted by atomic mass is 79.9. The molecule has 0 aliphatic rings. The van der Waals surface area contributed by atoms with Gasteiger partial charge < -0.3 is 0 Å². The van der Waals surface area contributed by atoms with E-state index < -0.39 is 0 Å². The maximum absolute atomic E-state index is 12.6. The zero-order valence-corrected chi connectivity index (χ0v) is 12.0. The molecule has 0 atom stereocenters. The summed E-state index contributed by atoms with van der Waals surface area (Å²) in [5.74, 6) is 0. The minimum atomic E-state index is -0.00931. The Morgan fingerprint density at radius 1 is 1.16 bits per heavy atom. The Morgan fingerprint density at radius 2 is 2.00 bits per heavy atom. The Labute approximate surface area is 120 Å². The van der Waals surface area contributed by atoms with Gasteiger partial charge in [-0.25, -0.2) is 9.38 Å². The van der Waals surface area contributed by atoms with E-state index in [4.69, 9.17) is 0 Å². The van der Waals surface area contributed by atoms with Gasteiger partial charge in [0, 0.05) is 9.17 Å². The molecule has 0 fully saturated rings. The number of rotatable bonds is 0. The van der Waals surface area contributed by atoms with Crippen LogP contribution in [-0.2, 0) is 0 Å². The highest BCUT2D eigenvalue weighted by molar-refractivity contribution is 9.10. The Hall–Kier alpha value is -1.72. The van der Waals surface area contributed by atoms with Crippen LogP contribution in [0.3, 0.4) is 0 Å². The Balaban J connectivity index is 2.34. The fourth-order valence-electron chi connectivity index (χ4n) is 2.24. The summed E-state index contributed by atoms with van der Waals surface area (Å²) in [4.78, 5) is 17.8. The molecule has 4 aromatic rings. The first kappa shape index (κ1) is 11.1. The van der Waals surface area contributed by atoms with Gasteiger partial charge in [-0.1, -0.05) is 39.4 Å². The summed E-state index contributed by atoms with van der Waals surface area (Å²) in [5, 5.41) is 0.726. The van der Waals surface area contributed by atoms with Crippen LogP contribution in [-0.4, -0.2) is 9.38 Å². The largest absolute Gasteiger partial charge is 0.268 e. The maximum atomic E-state index is 12.6. The zero-order chi connectivity index (χ0) is 13.0. The fraction of sp³-hybridized carbons (Fsp3) is 0. The van der Waals surface area contributed by atoms with Gasteiger partial charge in [0.05, 0.1) is 16.4 Å². The van der Waals surface area contributed by atoms with Crippen molar-refractivity contribution in [2.24, 2.45) is 0 Å². The summed E-state index contributed by atoms with van der Waals surface area (Å²) in [7, 11) is 0. The van der Waals surface area contributed by atoms with E-state index >= 15 is 0 Å². The van der Waals surface area contributed by atoms with Crippen LogP contribution >= 0.6 is 27.3 Å². The molecule has 0 saturated carbocycles. The predicted molar refractivity (Wildman–Crippen MR) is 82.1 cm³/mol. The summed E-state index contributed by atoms with van der Waals surface area (Å²) in [6.45, 7) is 0. The first-order valence-corrected chi connectivity index (χ1v) is 7.34. The lowest BCUT2D eigenvalue weighted by molar-refractivity contribution is 1.20. The van der Waals surface area contributed by atoms with E-state index in [0.29, 0.717) is 0 Å². The monoisotopic (exact) mass is 330 g/mol. The molecular weight excluding hydrogens is 324 g/mol. The van der Waals surface area contributed by atoms with E-state index in [1.165, 1.54) is 11.3 Å². The van der Waals surface area contributed by atoms with Crippen molar-refractivity contribution in [2.45, 2.75) is 0 Å². The van der Waals surface area contributed by atoms with Crippen molar-refractivity contribution in [3.05, 3.63) is 57.3 Å². The van der Waals surface area contributed by atoms with Crippen molar-refractivity contribution < 1.29 is 0 Å². The van der Waals surface area contributed by atoms with Crippen LogP contribution in [0.2, 0.25) is 0 Å². The first-order chi connectivity index (χ1) is 9.24. The molecule has 2 aromatic carbocycles. The Morgan fingerprint density at radius 3 is 2.89 bits per heavy atom. The molecule has 0 amide bonds. The molecule has 0 unspecified atom stereocenters. The van der Waals surface area contributed by atoms with E-state index in [0.717, 1.165) is 30.6 Å². The Kier molecular flexibility index (Phi) is 2.28. The lowest BCUT2D eigenvalue weighted by Crippen LogP contribution is -2.11. The fourth-order valence-corrected chi connectivity index (χ4v) is 3.82. The van der Waals surface area contributed by atoms with Gasteiger partial charge in [-0.2, -0.15) is 0 Å². The standard InChI is InChI=1S/C14H7BrN2OS/c15-8-5-6-9-12(7-8)19-14-16-10-3-1-2-4-11(10)17(14)13(9)18/h1-7H. The van der Waals surface area contributed by atoms with Crippen LogP contribution in [0.5, 0.6) is 0 Å². The molecule has 5 heteroatoms. The van der Waals surface area contributed by atoms with Gasteiger partial charge in [0.1, 0.15) is 0 Å². The molecule has 3 nitrogen and oxygen atoms in total. The van der Waals surface area contributed by atoms with Gasteiger partial charge in [-0.05, 0) is 30.3 Å². The molecular formula is C14H7BrN2OS. The van der Waals surface area contributed by atoms with E-state index in [1.807, 2.05) is 42.5 Å². The van der Waals surface area contributed by atoms with Crippen molar-refractivity contribution in [2.75, 3.05) is 0 Å². The van der Waals surface area contributed by atoms with Crippen molar-refractivity contribution in [1.82, 2.24) is 9.38 Å². The molecule has 19 heavy (non-hydrogen) atoms. The molecule has 2 aromatic heterocycles. The number of halogens is 1. The number of hydrogen-bond donors (Lipinski definition) is 0. The number of hydrogen-bond acceptors (Lipinski definition) is 3. The predicted octanol–water partition coefficient (Wildman–Crippen LogP) is 3.82. The number of imidazole rings is 1. The summed E-state index contributed by atoms with van der Waals surface area (Å²) in [6.07, 6.45) is 0. The highest BCUT2D eigenvalue weighted by Gasteiger charge is 2.10. The molecule has 2 heterocycles. The SMILES string of the molecule is O=c1c2ccc(Br)cc2sc2nc3ccccc3n12. The highest BCUT2D eigenvalue weighted by Crippen LogP contribution is 2.25. The van der Waals surface area contributed by atoms with Crippen molar-refractivity contribution in [3.63, 3.8) is 0 Å². The number of para-hydroxylation sites is 2. The first-order valence-electron chi connectivity index (χ1n) is 5.73. The van der Waals surface area contributed by atoms with Gasteiger partial charge in [0.15, 0.2) is 4.96 Å². The minimum Gasteiger partial charge on any atom is -0.268 e. The molecule has 0 N–H and O–H groups in total. The third-order valence-electron chi connectivity index (χ3n) is 3.11. The number of benzene rings is 2. The van der Waals surface area contributed by atoms with Gasteiger partial charge in [0.2, 0.25) is 0 Å². The van der Waals surface area contributed by atoms with Gasteiger partial charge in [0.25, 0.3) is 5.56 Å². The van der Waals surface area contributed by atoms with Crippen molar-refractivity contribution >= 4 is 53.3 Å². The average molecular weight is 331 g/mol.